The molecule has 4 aromatic rings. The lowest BCUT2D eigenvalue weighted by Crippen LogP contribution is -2.32. The van der Waals surface area contributed by atoms with Gasteiger partial charge in [0.15, 0.2) is 11.0 Å². The first-order valence-corrected chi connectivity index (χ1v) is 11.5. The zero-order chi connectivity index (χ0) is 23.8. The predicted molar refractivity (Wildman–Crippen MR) is 126 cm³/mol. The second-order valence-corrected chi connectivity index (χ2v) is 8.11. The van der Waals surface area contributed by atoms with Crippen LogP contribution in [0, 0.1) is 11.3 Å². The number of nitrogens with zero attached hydrogens (tertiary/aromatic N) is 6. The summed E-state index contributed by atoms with van der Waals surface area (Å²) in [5.41, 5.74) is 1.69. The van der Waals surface area contributed by atoms with Crippen LogP contribution >= 0.6 is 11.8 Å². The molecule has 10 heteroatoms. The number of rotatable bonds is 10. The number of hydrogen-bond donors (Lipinski definition) is 0. The van der Waals surface area contributed by atoms with E-state index in [2.05, 4.69) is 21.3 Å². The van der Waals surface area contributed by atoms with Gasteiger partial charge in [-0.2, -0.15) is 5.26 Å². The summed E-state index contributed by atoms with van der Waals surface area (Å²) in [5, 5.41) is 18.3. The quantitative estimate of drug-likeness (QED) is 0.318. The number of furan rings is 1. The Morgan fingerprint density at radius 1 is 1.18 bits per heavy atom. The monoisotopic (exact) mass is 474 g/mol. The first-order valence-electron chi connectivity index (χ1n) is 10.5. The van der Waals surface area contributed by atoms with Gasteiger partial charge in [-0.3, -0.25) is 14.3 Å². The van der Waals surface area contributed by atoms with E-state index in [-0.39, 0.29) is 18.1 Å². The van der Waals surface area contributed by atoms with E-state index >= 15 is 0 Å². The van der Waals surface area contributed by atoms with Crippen LogP contribution in [-0.2, 0) is 11.3 Å². The molecule has 1 aromatic carbocycles. The third-order valence-electron chi connectivity index (χ3n) is 5.00. The average Bonchev–Trinajstić information content (AvgIpc) is 3.55. The van der Waals surface area contributed by atoms with Gasteiger partial charge in [-0.1, -0.05) is 11.8 Å². The van der Waals surface area contributed by atoms with E-state index in [1.807, 2.05) is 41.0 Å². The summed E-state index contributed by atoms with van der Waals surface area (Å²) in [6, 6.07) is 16.9. The Bertz CT molecular complexity index is 1250. The SMILES string of the molecule is COc1ccc(-n2c(SCC(=O)N(CCC#N)Cc3ccco3)nnc2-c2ccncc2)cc1. The highest BCUT2D eigenvalue weighted by Gasteiger charge is 2.20. The maximum Gasteiger partial charge on any atom is 0.233 e. The second kappa shape index (κ2) is 11.2. The van der Waals surface area contributed by atoms with E-state index in [0.717, 1.165) is 17.0 Å². The minimum Gasteiger partial charge on any atom is -0.497 e. The summed E-state index contributed by atoms with van der Waals surface area (Å²) in [6.07, 6.45) is 5.20. The first-order chi connectivity index (χ1) is 16.7. The van der Waals surface area contributed by atoms with Gasteiger partial charge in [0.25, 0.3) is 0 Å². The highest BCUT2D eigenvalue weighted by molar-refractivity contribution is 7.99. The van der Waals surface area contributed by atoms with Crippen LogP contribution in [0.1, 0.15) is 12.2 Å². The highest BCUT2D eigenvalue weighted by Crippen LogP contribution is 2.29. The fourth-order valence-corrected chi connectivity index (χ4v) is 4.16. The maximum absolute atomic E-state index is 13.0. The number of carbonyl (C=O) groups is 1. The van der Waals surface area contributed by atoms with Crippen molar-refractivity contribution in [3.8, 4) is 28.9 Å². The molecule has 1 amide bonds. The van der Waals surface area contributed by atoms with Gasteiger partial charge in [0, 0.05) is 30.2 Å². The van der Waals surface area contributed by atoms with Crippen LogP contribution in [-0.4, -0.2) is 50.0 Å². The zero-order valence-electron chi connectivity index (χ0n) is 18.5. The molecule has 0 radical (unpaired) electrons. The standard InChI is InChI=1S/C24H22N6O3S/c1-32-20-7-5-19(6-8-20)30-23(18-9-12-26-13-10-18)27-28-24(30)34-17-22(31)29(14-3-11-25)16-21-4-2-15-33-21/h2,4-10,12-13,15H,3,14,16-17H2,1H3. The molecule has 34 heavy (non-hydrogen) atoms. The van der Waals surface area contributed by atoms with Crippen molar-refractivity contribution >= 4 is 17.7 Å². The molecule has 9 nitrogen and oxygen atoms in total. The van der Waals surface area contributed by atoms with Gasteiger partial charge in [0.05, 0.1) is 38.2 Å². The summed E-state index contributed by atoms with van der Waals surface area (Å²) in [5.74, 6) is 2.05. The lowest BCUT2D eigenvalue weighted by Gasteiger charge is -2.20. The number of carbonyl (C=O) groups excluding carboxylic acids is 1. The number of ether oxygens (including phenoxy) is 1. The molecule has 0 aliphatic heterocycles. The van der Waals surface area contributed by atoms with Crippen molar-refractivity contribution in [2.75, 3.05) is 19.4 Å². The summed E-state index contributed by atoms with van der Waals surface area (Å²) in [4.78, 5) is 18.7. The Morgan fingerprint density at radius 3 is 2.65 bits per heavy atom. The number of pyridine rings is 1. The Labute approximate surface area is 201 Å². The van der Waals surface area contributed by atoms with Crippen molar-refractivity contribution in [3.63, 3.8) is 0 Å². The van der Waals surface area contributed by atoms with Gasteiger partial charge in [0.2, 0.25) is 5.91 Å². The Kier molecular flexibility index (Phi) is 7.57. The molecule has 3 heterocycles. The first kappa shape index (κ1) is 23.1. The minimum atomic E-state index is -0.119. The van der Waals surface area contributed by atoms with Crippen LogP contribution < -0.4 is 4.74 Å². The number of aromatic nitrogens is 4. The van der Waals surface area contributed by atoms with Crippen molar-refractivity contribution in [3.05, 3.63) is 72.9 Å². The highest BCUT2D eigenvalue weighted by atomic mass is 32.2. The topological polar surface area (TPSA) is 110 Å². The van der Waals surface area contributed by atoms with Crippen molar-refractivity contribution in [1.29, 1.82) is 5.26 Å². The molecule has 0 spiro atoms. The van der Waals surface area contributed by atoms with E-state index in [9.17, 15) is 4.79 Å². The summed E-state index contributed by atoms with van der Waals surface area (Å²) in [6.45, 7) is 0.630. The van der Waals surface area contributed by atoms with Crippen molar-refractivity contribution < 1.29 is 13.9 Å². The van der Waals surface area contributed by atoms with Gasteiger partial charge in [-0.25, -0.2) is 0 Å². The van der Waals surface area contributed by atoms with E-state index in [4.69, 9.17) is 14.4 Å². The largest absolute Gasteiger partial charge is 0.497 e. The molecular weight excluding hydrogens is 452 g/mol. The Morgan fingerprint density at radius 2 is 1.97 bits per heavy atom. The van der Waals surface area contributed by atoms with Gasteiger partial charge in [-0.05, 0) is 48.5 Å². The molecule has 0 bridgehead atoms. The third kappa shape index (κ3) is 5.44. The van der Waals surface area contributed by atoms with Crippen LogP contribution in [0.4, 0.5) is 0 Å². The van der Waals surface area contributed by atoms with Gasteiger partial charge in [0.1, 0.15) is 11.5 Å². The molecule has 0 fully saturated rings. The van der Waals surface area contributed by atoms with Gasteiger partial charge in [-0.15, -0.1) is 10.2 Å². The van der Waals surface area contributed by atoms with E-state index in [1.54, 1.807) is 42.8 Å². The van der Waals surface area contributed by atoms with Crippen LogP contribution in [0.3, 0.4) is 0 Å². The maximum atomic E-state index is 13.0. The van der Waals surface area contributed by atoms with Crippen molar-refractivity contribution in [2.45, 2.75) is 18.1 Å². The minimum absolute atomic E-state index is 0.119. The number of methoxy groups -OCH3 is 1. The molecule has 0 unspecified atom stereocenters. The molecule has 172 valence electrons. The number of thioether (sulfide) groups is 1. The molecule has 0 saturated heterocycles. The summed E-state index contributed by atoms with van der Waals surface area (Å²) in [7, 11) is 1.61. The molecule has 0 aliphatic rings. The predicted octanol–water partition coefficient (Wildman–Crippen LogP) is 3.97. The fourth-order valence-electron chi connectivity index (χ4n) is 3.30. The molecule has 0 saturated carbocycles. The molecular formula is C24H22N6O3S. The lowest BCUT2D eigenvalue weighted by molar-refractivity contribution is -0.129. The third-order valence-corrected chi connectivity index (χ3v) is 5.91. The number of hydrogen-bond acceptors (Lipinski definition) is 8. The van der Waals surface area contributed by atoms with Crippen LogP contribution in [0.25, 0.3) is 17.1 Å². The van der Waals surface area contributed by atoms with E-state index < -0.39 is 0 Å². The van der Waals surface area contributed by atoms with Gasteiger partial charge < -0.3 is 14.1 Å². The molecule has 4 rings (SSSR count). The number of amides is 1. The smallest absolute Gasteiger partial charge is 0.233 e. The van der Waals surface area contributed by atoms with Crippen LogP contribution in [0.2, 0.25) is 0 Å². The Balaban J connectivity index is 1.58. The molecule has 0 atom stereocenters. The molecule has 0 aliphatic carbocycles. The van der Waals surface area contributed by atoms with E-state index in [0.29, 0.717) is 29.8 Å². The Hall–Kier alpha value is -4.10. The second-order valence-electron chi connectivity index (χ2n) is 7.17. The lowest BCUT2D eigenvalue weighted by atomic mass is 10.2. The fraction of sp³-hybridized carbons (Fsp3) is 0.208. The van der Waals surface area contributed by atoms with E-state index in [1.165, 1.54) is 11.8 Å². The van der Waals surface area contributed by atoms with Crippen LogP contribution in [0.5, 0.6) is 5.75 Å². The molecule has 0 N–H and O–H groups in total. The average molecular weight is 475 g/mol. The van der Waals surface area contributed by atoms with Gasteiger partial charge >= 0.3 is 0 Å². The number of nitriles is 1. The summed E-state index contributed by atoms with van der Waals surface area (Å²) >= 11 is 1.29. The zero-order valence-corrected chi connectivity index (χ0v) is 19.3. The number of benzene rings is 1. The normalized spacial score (nSPS) is 10.6. The van der Waals surface area contributed by atoms with Crippen LogP contribution in [0.15, 0.2) is 76.8 Å². The van der Waals surface area contributed by atoms with Crippen molar-refractivity contribution in [1.82, 2.24) is 24.6 Å². The molecule has 3 aromatic heterocycles. The van der Waals surface area contributed by atoms with Crippen molar-refractivity contribution in [2.24, 2.45) is 0 Å². The summed E-state index contributed by atoms with van der Waals surface area (Å²) < 4.78 is 12.6.